The Bertz CT molecular complexity index is 1320. The van der Waals surface area contributed by atoms with E-state index < -0.39 is 19.8 Å². The number of anilines is 1. The molecule has 3 aromatic heterocycles. The van der Waals surface area contributed by atoms with Gasteiger partial charge >= 0.3 is 6.09 Å². The highest BCUT2D eigenvalue weighted by Crippen LogP contribution is 2.33. The average molecular weight is 583 g/mol. The van der Waals surface area contributed by atoms with Crippen molar-refractivity contribution in [3.05, 3.63) is 37.1 Å². The van der Waals surface area contributed by atoms with Crippen LogP contribution in [0.5, 0.6) is 0 Å². The molecule has 1 saturated carbocycles. The van der Waals surface area contributed by atoms with Crippen LogP contribution in [0.2, 0.25) is 25.7 Å². The van der Waals surface area contributed by atoms with Crippen molar-refractivity contribution in [1.29, 1.82) is 0 Å². The molecule has 0 aliphatic heterocycles. The molecule has 1 aliphatic carbocycles. The number of carbonyl (C=O) groups excluding carboxylic acids is 2. The molecule has 0 radical (unpaired) electrons. The van der Waals surface area contributed by atoms with E-state index in [-0.39, 0.29) is 17.9 Å². The molecule has 1 unspecified atom stereocenters. The first kappa shape index (κ1) is 30.8. The zero-order chi connectivity index (χ0) is 29.8. The molecule has 1 aliphatic rings. The van der Waals surface area contributed by atoms with Crippen molar-refractivity contribution in [3.8, 4) is 5.82 Å². The Labute approximate surface area is 244 Å². The van der Waals surface area contributed by atoms with E-state index in [1.54, 1.807) is 18.7 Å². The number of ether oxygens (including phenoxy) is 2. The lowest BCUT2D eigenvalue weighted by Crippen LogP contribution is -2.42. The fourth-order valence-corrected chi connectivity index (χ4v) is 6.00. The van der Waals surface area contributed by atoms with Crippen LogP contribution in [-0.4, -0.2) is 57.4 Å². The van der Waals surface area contributed by atoms with E-state index in [4.69, 9.17) is 9.47 Å². The predicted molar refractivity (Wildman–Crippen MR) is 164 cm³/mol. The minimum absolute atomic E-state index is 0.0111. The average Bonchev–Trinajstić information content (AvgIpc) is 3.53. The summed E-state index contributed by atoms with van der Waals surface area (Å²) in [6.07, 6.45) is 10.0. The number of nitrogens with zero attached hydrogens (tertiary/aromatic N) is 4. The highest BCUT2D eigenvalue weighted by molar-refractivity contribution is 6.76. The summed E-state index contributed by atoms with van der Waals surface area (Å²) in [5.74, 6) is 1.13. The van der Waals surface area contributed by atoms with Crippen molar-refractivity contribution in [1.82, 2.24) is 24.4 Å². The van der Waals surface area contributed by atoms with Crippen molar-refractivity contribution in [3.63, 3.8) is 0 Å². The van der Waals surface area contributed by atoms with Crippen LogP contribution >= 0.6 is 0 Å². The van der Waals surface area contributed by atoms with E-state index in [1.165, 1.54) is 0 Å². The third kappa shape index (κ3) is 8.42. The quantitative estimate of drug-likeness (QED) is 0.218. The summed E-state index contributed by atoms with van der Waals surface area (Å²) in [5, 5.41) is 7.02. The molecule has 0 bridgehead atoms. The molecule has 1 fully saturated rings. The summed E-state index contributed by atoms with van der Waals surface area (Å²) in [6.45, 7) is 15.7. The first-order valence-corrected chi connectivity index (χ1v) is 18.4. The molecule has 1 atom stereocenters. The van der Waals surface area contributed by atoms with Crippen molar-refractivity contribution in [2.24, 2.45) is 11.8 Å². The number of alkyl carbamates (subject to hydrolysis) is 1. The Hall–Kier alpha value is -3.18. The maximum Gasteiger partial charge on any atom is 0.407 e. The summed E-state index contributed by atoms with van der Waals surface area (Å²) in [4.78, 5) is 34.4. The van der Waals surface area contributed by atoms with Gasteiger partial charge in [-0.2, -0.15) is 0 Å². The first-order valence-electron chi connectivity index (χ1n) is 14.7. The zero-order valence-corrected chi connectivity index (χ0v) is 26.6. The number of fused-ring (bicyclic) bond motifs is 1. The van der Waals surface area contributed by atoms with Crippen LogP contribution in [0.4, 0.5) is 10.5 Å². The van der Waals surface area contributed by atoms with Crippen molar-refractivity contribution in [2.45, 2.75) is 97.4 Å². The molecule has 3 aromatic rings. The normalized spacial score (nSPS) is 18.7. The molecule has 0 aromatic carbocycles. The van der Waals surface area contributed by atoms with Gasteiger partial charge in [0.15, 0.2) is 0 Å². The topological polar surface area (TPSA) is 112 Å². The van der Waals surface area contributed by atoms with Crippen LogP contribution in [-0.2, 0) is 21.0 Å². The van der Waals surface area contributed by atoms with Gasteiger partial charge in [0, 0.05) is 50.6 Å². The minimum atomic E-state index is -1.21. The lowest BCUT2D eigenvalue weighted by Gasteiger charge is -2.32. The van der Waals surface area contributed by atoms with Gasteiger partial charge in [0.25, 0.3) is 0 Å². The molecule has 2 amide bonds. The van der Waals surface area contributed by atoms with Crippen LogP contribution < -0.4 is 10.6 Å². The predicted octanol–water partition coefficient (Wildman–Crippen LogP) is 6.19. The van der Waals surface area contributed by atoms with E-state index in [2.05, 4.69) is 40.2 Å². The number of hydrogen-bond donors (Lipinski definition) is 2. The van der Waals surface area contributed by atoms with Gasteiger partial charge in [-0.25, -0.2) is 14.8 Å². The Balaban J connectivity index is 1.42. The summed E-state index contributed by atoms with van der Waals surface area (Å²) in [7, 11) is -1.21. The number of carbonyl (C=O) groups is 2. The zero-order valence-electron chi connectivity index (χ0n) is 25.6. The second-order valence-electron chi connectivity index (χ2n) is 13.4. The fourth-order valence-electron chi connectivity index (χ4n) is 5.24. The Morgan fingerprint density at radius 1 is 1.15 bits per heavy atom. The van der Waals surface area contributed by atoms with Crippen LogP contribution in [0.1, 0.15) is 53.4 Å². The Kier molecular flexibility index (Phi) is 9.58. The minimum Gasteiger partial charge on any atom is -0.444 e. The van der Waals surface area contributed by atoms with E-state index in [0.717, 1.165) is 54.3 Å². The second kappa shape index (κ2) is 12.8. The molecule has 41 heavy (non-hydrogen) atoms. The number of nitrogens with one attached hydrogen (secondary N) is 2. The van der Waals surface area contributed by atoms with Gasteiger partial charge in [0.2, 0.25) is 5.91 Å². The summed E-state index contributed by atoms with van der Waals surface area (Å²) < 4.78 is 15.5. The number of amides is 2. The van der Waals surface area contributed by atoms with Crippen molar-refractivity contribution >= 4 is 36.8 Å². The maximum atomic E-state index is 13.4. The van der Waals surface area contributed by atoms with E-state index in [0.29, 0.717) is 19.3 Å². The van der Waals surface area contributed by atoms with Crippen LogP contribution in [0.15, 0.2) is 37.1 Å². The van der Waals surface area contributed by atoms with Crippen molar-refractivity contribution < 1.29 is 19.1 Å². The molecular formula is C30H46N6O4Si. The van der Waals surface area contributed by atoms with Crippen LogP contribution in [0, 0.1) is 11.8 Å². The lowest BCUT2D eigenvalue weighted by molar-refractivity contribution is -0.121. The fraction of sp³-hybridized carbons (Fsp3) is 0.600. The standard InChI is InChI=1S/C30H46N6O4Si/c1-21(33-29(38)40-30(2,3)4)22-8-10-23(11-9-22)28(37)34-25-12-13-32-27-24(25)18-26(35-15-14-31-19-35)36(27)20-39-16-17-41(5,6)7/h12-15,18-19,21-23H,8-11,16-17,20H2,1-7H3,(H,33,38)(H,32,34,37). The van der Waals surface area contributed by atoms with Gasteiger partial charge in [0.05, 0.1) is 5.69 Å². The van der Waals surface area contributed by atoms with Gasteiger partial charge in [-0.15, -0.1) is 0 Å². The number of hydrogen-bond acceptors (Lipinski definition) is 6. The Morgan fingerprint density at radius 2 is 1.88 bits per heavy atom. The van der Waals surface area contributed by atoms with E-state index in [9.17, 15) is 9.59 Å². The van der Waals surface area contributed by atoms with Gasteiger partial charge < -0.3 is 20.1 Å². The SMILES string of the molecule is CC(NC(=O)OC(C)(C)C)C1CCC(C(=O)Nc2ccnc3c2cc(-n2ccnc2)n3COCC[Si](C)(C)C)CC1. The second-order valence-corrected chi connectivity index (χ2v) is 19.0. The van der Waals surface area contributed by atoms with Crippen molar-refractivity contribution in [2.75, 3.05) is 11.9 Å². The van der Waals surface area contributed by atoms with Crippen LogP contribution in [0.3, 0.4) is 0 Å². The monoisotopic (exact) mass is 582 g/mol. The van der Waals surface area contributed by atoms with E-state index in [1.807, 2.05) is 55.2 Å². The molecule has 3 heterocycles. The number of rotatable bonds is 10. The van der Waals surface area contributed by atoms with Gasteiger partial charge in [-0.05, 0) is 77.5 Å². The smallest absolute Gasteiger partial charge is 0.407 e. The summed E-state index contributed by atoms with van der Waals surface area (Å²) >= 11 is 0. The van der Waals surface area contributed by atoms with Gasteiger partial charge in [0.1, 0.15) is 30.1 Å². The summed E-state index contributed by atoms with van der Waals surface area (Å²) in [5.41, 5.74) is 0.966. The number of pyridine rings is 1. The van der Waals surface area contributed by atoms with Gasteiger partial charge in [-0.1, -0.05) is 19.6 Å². The molecular weight excluding hydrogens is 536 g/mol. The third-order valence-corrected chi connectivity index (χ3v) is 9.32. The number of imidazole rings is 1. The maximum absolute atomic E-state index is 13.4. The summed E-state index contributed by atoms with van der Waals surface area (Å²) in [6, 6.07) is 4.96. The van der Waals surface area contributed by atoms with Gasteiger partial charge in [-0.3, -0.25) is 13.9 Å². The molecule has 4 rings (SSSR count). The largest absolute Gasteiger partial charge is 0.444 e. The molecule has 224 valence electrons. The Morgan fingerprint density at radius 3 is 2.51 bits per heavy atom. The number of aromatic nitrogens is 4. The molecule has 2 N–H and O–H groups in total. The molecule has 0 saturated heterocycles. The highest BCUT2D eigenvalue weighted by atomic mass is 28.3. The van der Waals surface area contributed by atoms with E-state index >= 15 is 0 Å². The molecule has 10 nitrogen and oxygen atoms in total. The highest BCUT2D eigenvalue weighted by Gasteiger charge is 2.31. The molecule has 0 spiro atoms. The molecule has 11 heteroatoms. The lowest BCUT2D eigenvalue weighted by atomic mass is 9.78. The van der Waals surface area contributed by atoms with Crippen LogP contribution in [0.25, 0.3) is 16.9 Å². The third-order valence-electron chi connectivity index (χ3n) is 7.61. The first-order chi connectivity index (χ1) is 19.3.